The highest BCUT2D eigenvalue weighted by atomic mass is 15.3. The highest BCUT2D eigenvalue weighted by Crippen LogP contribution is 2.43. The van der Waals surface area contributed by atoms with E-state index in [4.69, 9.17) is 15.7 Å². The average Bonchev–Trinajstić information content (AvgIpc) is 3.39. The Morgan fingerprint density at radius 1 is 1.07 bits per heavy atom. The first-order chi connectivity index (χ1) is 14.8. The molecule has 3 aliphatic rings. The highest BCUT2D eigenvalue weighted by Gasteiger charge is 2.37. The summed E-state index contributed by atoms with van der Waals surface area (Å²) in [5, 5.41) is 0. The van der Waals surface area contributed by atoms with Crippen molar-refractivity contribution in [2.45, 2.75) is 50.7 Å². The molecular formula is C24H30N6. The van der Waals surface area contributed by atoms with Gasteiger partial charge in [-0.15, -0.1) is 0 Å². The van der Waals surface area contributed by atoms with Gasteiger partial charge in [0.15, 0.2) is 0 Å². The van der Waals surface area contributed by atoms with E-state index in [-0.39, 0.29) is 6.04 Å². The van der Waals surface area contributed by atoms with Gasteiger partial charge in [-0.1, -0.05) is 12.1 Å². The average molecular weight is 403 g/mol. The van der Waals surface area contributed by atoms with Crippen LogP contribution in [0.4, 0.5) is 5.82 Å². The Balaban J connectivity index is 1.31. The fraction of sp³-hybridized carbons (Fsp3) is 0.500. The Labute approximate surface area is 177 Å². The van der Waals surface area contributed by atoms with E-state index >= 15 is 0 Å². The molecule has 6 rings (SSSR count). The molecule has 0 saturated carbocycles. The molecule has 30 heavy (non-hydrogen) atoms. The molecule has 0 amide bonds. The minimum absolute atomic E-state index is 0.271. The Hall–Kier alpha value is -2.44. The summed E-state index contributed by atoms with van der Waals surface area (Å²) in [7, 11) is 0. The van der Waals surface area contributed by atoms with Gasteiger partial charge in [0.25, 0.3) is 0 Å². The fourth-order valence-corrected chi connectivity index (χ4v) is 5.88. The SMILES string of the molecule is N[C@@H]1CCN(c2cccc3nc(CN4CCC[C@H]5CCc6cccnc6[C@H]54)cn23)C1. The molecule has 0 spiro atoms. The van der Waals surface area contributed by atoms with Crippen molar-refractivity contribution in [2.24, 2.45) is 11.7 Å². The molecule has 5 heterocycles. The smallest absolute Gasteiger partial charge is 0.138 e. The van der Waals surface area contributed by atoms with Crippen molar-refractivity contribution in [3.05, 3.63) is 59.7 Å². The van der Waals surface area contributed by atoms with E-state index in [2.05, 4.69) is 50.7 Å². The van der Waals surface area contributed by atoms with Gasteiger partial charge >= 0.3 is 0 Å². The first kappa shape index (κ1) is 18.3. The second-order valence-corrected chi connectivity index (χ2v) is 9.24. The molecule has 2 aliphatic heterocycles. The molecular weight excluding hydrogens is 372 g/mol. The molecule has 6 nitrogen and oxygen atoms in total. The monoisotopic (exact) mass is 402 g/mol. The summed E-state index contributed by atoms with van der Waals surface area (Å²) in [6.45, 7) is 3.95. The molecule has 0 bridgehead atoms. The first-order valence-electron chi connectivity index (χ1n) is 11.4. The number of hydrogen-bond acceptors (Lipinski definition) is 5. The molecule has 2 saturated heterocycles. The minimum atomic E-state index is 0.271. The van der Waals surface area contributed by atoms with Gasteiger partial charge in [-0.25, -0.2) is 4.98 Å². The Kier molecular flexibility index (Phi) is 4.50. The zero-order valence-corrected chi connectivity index (χ0v) is 17.5. The lowest BCUT2D eigenvalue weighted by Crippen LogP contribution is -2.41. The maximum atomic E-state index is 6.16. The summed E-state index contributed by atoms with van der Waals surface area (Å²) in [6, 6.07) is 11.5. The van der Waals surface area contributed by atoms with Crippen LogP contribution in [-0.4, -0.2) is 44.9 Å². The van der Waals surface area contributed by atoms with Crippen molar-refractivity contribution < 1.29 is 0 Å². The molecule has 2 fully saturated rings. The van der Waals surface area contributed by atoms with Crippen LogP contribution in [0.5, 0.6) is 0 Å². The number of anilines is 1. The van der Waals surface area contributed by atoms with E-state index in [1.165, 1.54) is 42.8 Å². The lowest BCUT2D eigenvalue weighted by atomic mass is 9.77. The molecule has 2 N–H and O–H groups in total. The number of aryl methyl sites for hydroxylation is 1. The molecule has 3 atom stereocenters. The first-order valence-corrected chi connectivity index (χ1v) is 11.4. The maximum Gasteiger partial charge on any atom is 0.138 e. The molecule has 1 aliphatic carbocycles. The lowest BCUT2D eigenvalue weighted by Gasteiger charge is -2.44. The second-order valence-electron chi connectivity index (χ2n) is 9.24. The third kappa shape index (κ3) is 3.10. The summed E-state index contributed by atoms with van der Waals surface area (Å²) in [5.74, 6) is 1.93. The van der Waals surface area contributed by atoms with Gasteiger partial charge in [0.2, 0.25) is 0 Å². The summed E-state index contributed by atoms with van der Waals surface area (Å²) in [5.41, 5.74) is 11.1. The summed E-state index contributed by atoms with van der Waals surface area (Å²) < 4.78 is 2.25. The highest BCUT2D eigenvalue weighted by molar-refractivity contribution is 5.53. The van der Waals surface area contributed by atoms with Crippen LogP contribution in [0, 0.1) is 5.92 Å². The molecule has 3 aromatic heterocycles. The summed E-state index contributed by atoms with van der Waals surface area (Å²) in [6.07, 6.45) is 10.3. The largest absolute Gasteiger partial charge is 0.356 e. The van der Waals surface area contributed by atoms with Gasteiger partial charge in [0, 0.05) is 38.1 Å². The Morgan fingerprint density at radius 3 is 2.93 bits per heavy atom. The number of aromatic nitrogens is 3. The van der Waals surface area contributed by atoms with E-state index in [1.807, 2.05) is 6.20 Å². The standard InChI is InChI=1S/C24H30N6/c25-19-10-13-28(14-19)22-7-1-6-21-27-20(16-30(21)22)15-29-12-3-5-18-9-8-17-4-2-11-26-23(17)24(18)29/h1-2,4,6-7,11,16,18-19,24H,3,5,8-10,12-15,25H2/t18-,19+,24-/m0/s1. The van der Waals surface area contributed by atoms with Crippen LogP contribution >= 0.6 is 0 Å². The fourth-order valence-electron chi connectivity index (χ4n) is 5.88. The van der Waals surface area contributed by atoms with Crippen LogP contribution in [0.25, 0.3) is 5.65 Å². The predicted octanol–water partition coefficient (Wildman–Crippen LogP) is 3.17. The predicted molar refractivity (Wildman–Crippen MR) is 118 cm³/mol. The molecule has 0 aromatic carbocycles. The van der Waals surface area contributed by atoms with Gasteiger partial charge in [-0.2, -0.15) is 0 Å². The van der Waals surface area contributed by atoms with Gasteiger partial charge < -0.3 is 10.6 Å². The second kappa shape index (κ2) is 7.36. The summed E-state index contributed by atoms with van der Waals surface area (Å²) in [4.78, 5) is 14.8. The van der Waals surface area contributed by atoms with Crippen molar-refractivity contribution in [1.29, 1.82) is 0 Å². The Bertz CT molecular complexity index is 1060. The molecule has 156 valence electrons. The number of nitrogens with zero attached hydrogens (tertiary/aromatic N) is 5. The van der Waals surface area contributed by atoms with E-state index in [0.717, 1.165) is 49.9 Å². The van der Waals surface area contributed by atoms with Crippen LogP contribution in [-0.2, 0) is 13.0 Å². The van der Waals surface area contributed by atoms with Crippen molar-refractivity contribution in [3.8, 4) is 0 Å². The third-order valence-corrected chi connectivity index (χ3v) is 7.29. The number of nitrogens with two attached hydrogens (primary N) is 1. The number of likely N-dealkylation sites (tertiary alicyclic amines) is 1. The van der Waals surface area contributed by atoms with Crippen LogP contribution in [0.3, 0.4) is 0 Å². The quantitative estimate of drug-likeness (QED) is 0.729. The minimum Gasteiger partial charge on any atom is -0.356 e. The Morgan fingerprint density at radius 2 is 2.03 bits per heavy atom. The zero-order valence-electron chi connectivity index (χ0n) is 17.5. The molecule has 0 unspecified atom stereocenters. The molecule has 3 aromatic rings. The number of hydrogen-bond donors (Lipinski definition) is 1. The van der Waals surface area contributed by atoms with Crippen molar-refractivity contribution in [2.75, 3.05) is 24.5 Å². The van der Waals surface area contributed by atoms with Crippen LogP contribution in [0.15, 0.2) is 42.7 Å². The number of rotatable bonds is 3. The van der Waals surface area contributed by atoms with Crippen molar-refractivity contribution >= 4 is 11.5 Å². The van der Waals surface area contributed by atoms with Gasteiger partial charge in [-0.05, 0) is 68.3 Å². The van der Waals surface area contributed by atoms with Crippen LogP contribution < -0.4 is 10.6 Å². The van der Waals surface area contributed by atoms with Gasteiger partial charge in [0.05, 0.1) is 17.4 Å². The normalized spacial score (nSPS) is 26.7. The zero-order chi connectivity index (χ0) is 20.1. The number of pyridine rings is 2. The van der Waals surface area contributed by atoms with Crippen LogP contribution in [0.2, 0.25) is 0 Å². The lowest BCUT2D eigenvalue weighted by molar-refractivity contribution is 0.0687. The molecule has 6 heteroatoms. The van der Waals surface area contributed by atoms with Crippen molar-refractivity contribution in [1.82, 2.24) is 19.3 Å². The van der Waals surface area contributed by atoms with Gasteiger partial charge in [0.1, 0.15) is 11.5 Å². The number of piperidine rings is 1. The molecule has 0 radical (unpaired) electrons. The van der Waals surface area contributed by atoms with Crippen molar-refractivity contribution in [3.63, 3.8) is 0 Å². The van der Waals surface area contributed by atoms with E-state index < -0.39 is 0 Å². The number of fused-ring (bicyclic) bond motifs is 4. The van der Waals surface area contributed by atoms with E-state index in [9.17, 15) is 0 Å². The summed E-state index contributed by atoms with van der Waals surface area (Å²) >= 11 is 0. The maximum absolute atomic E-state index is 6.16. The van der Waals surface area contributed by atoms with E-state index in [1.54, 1.807) is 0 Å². The van der Waals surface area contributed by atoms with Gasteiger partial charge in [-0.3, -0.25) is 14.3 Å². The van der Waals surface area contributed by atoms with E-state index in [0.29, 0.717) is 6.04 Å². The van der Waals surface area contributed by atoms with Crippen LogP contribution in [0.1, 0.15) is 48.7 Å². The third-order valence-electron chi connectivity index (χ3n) is 7.29. The number of imidazole rings is 1. The topological polar surface area (TPSA) is 62.7 Å².